The van der Waals surface area contributed by atoms with Gasteiger partial charge in [0.25, 0.3) is 0 Å². The van der Waals surface area contributed by atoms with Crippen LogP contribution in [0.15, 0.2) is 36.7 Å². The summed E-state index contributed by atoms with van der Waals surface area (Å²) in [5, 5.41) is 1.10. The Balaban J connectivity index is 1.26. The highest BCUT2D eigenvalue weighted by Gasteiger charge is 2.48. The maximum atomic E-state index is 13.0. The number of rotatable bonds is 5. The van der Waals surface area contributed by atoms with E-state index in [1.165, 1.54) is 5.69 Å². The lowest BCUT2D eigenvalue weighted by Crippen LogP contribution is -2.60. The van der Waals surface area contributed by atoms with Gasteiger partial charge in [0.05, 0.1) is 7.11 Å². The summed E-state index contributed by atoms with van der Waals surface area (Å²) in [6, 6.07) is 9.35. The minimum atomic E-state index is -2.17. The molecule has 0 amide bonds. The summed E-state index contributed by atoms with van der Waals surface area (Å²) < 4.78 is 31.2. The molecule has 1 aliphatic carbocycles. The van der Waals surface area contributed by atoms with Crippen molar-refractivity contribution in [3.8, 4) is 17.1 Å². The maximum Gasteiger partial charge on any atom is 0.241 e. The summed E-state index contributed by atoms with van der Waals surface area (Å²) >= 11 is 0. The van der Waals surface area contributed by atoms with Crippen LogP contribution in [0.3, 0.4) is 0 Å². The molecular weight excluding hydrogens is 412 g/mol. The number of aromatic amines is 1. The number of halogens is 2. The molecule has 2 bridgehead atoms. The van der Waals surface area contributed by atoms with Gasteiger partial charge in [0.2, 0.25) is 12.3 Å². The largest absolute Gasteiger partial charge is 0.481 e. The number of alkyl halides is 2. The number of methoxy groups -OCH3 is 1. The van der Waals surface area contributed by atoms with E-state index in [9.17, 15) is 8.78 Å². The van der Waals surface area contributed by atoms with Crippen molar-refractivity contribution in [2.24, 2.45) is 5.92 Å². The van der Waals surface area contributed by atoms with Gasteiger partial charge in [-0.3, -0.25) is 4.90 Å². The maximum absolute atomic E-state index is 13.0. The summed E-state index contributed by atoms with van der Waals surface area (Å²) in [7, 11) is 1.61. The number of H-pyrrole nitrogens is 1. The van der Waals surface area contributed by atoms with Crippen LogP contribution in [-0.4, -0.2) is 64.6 Å². The molecule has 6 rings (SSSR count). The van der Waals surface area contributed by atoms with Crippen molar-refractivity contribution in [2.75, 3.05) is 25.1 Å². The fourth-order valence-electron chi connectivity index (χ4n) is 5.94. The second-order valence-corrected chi connectivity index (χ2v) is 9.32. The number of pyridine rings is 2. The highest BCUT2D eigenvalue weighted by atomic mass is 19.3. The molecule has 0 radical (unpaired) electrons. The third kappa shape index (κ3) is 3.23. The number of nitrogens with zero attached hydrogens (tertiary/aromatic N) is 4. The molecule has 1 N–H and O–H groups in total. The molecule has 3 fully saturated rings. The molecule has 32 heavy (non-hydrogen) atoms. The first-order valence-corrected chi connectivity index (χ1v) is 11.4. The molecule has 2 unspecified atom stereocenters. The number of ether oxygens (including phenoxy) is 1. The van der Waals surface area contributed by atoms with Crippen LogP contribution in [0.2, 0.25) is 0 Å². The van der Waals surface area contributed by atoms with Crippen molar-refractivity contribution in [1.82, 2.24) is 19.9 Å². The summed E-state index contributed by atoms with van der Waals surface area (Å²) in [5.74, 6) is 0.175. The van der Waals surface area contributed by atoms with Crippen LogP contribution in [-0.2, 0) is 0 Å². The minimum absolute atomic E-state index is 0.339. The Bertz CT molecular complexity index is 1110. The Morgan fingerprint density at radius 2 is 1.78 bits per heavy atom. The van der Waals surface area contributed by atoms with Gasteiger partial charge in [-0.25, -0.2) is 18.7 Å². The van der Waals surface area contributed by atoms with Gasteiger partial charge in [-0.05, 0) is 43.9 Å². The normalized spacial score (nSPS) is 27.8. The van der Waals surface area contributed by atoms with E-state index in [1.54, 1.807) is 13.3 Å². The second kappa shape index (κ2) is 7.69. The number of anilines is 1. The zero-order valence-electron chi connectivity index (χ0n) is 18.0. The standard InChI is InChI=1S/C24H27F2N5O/c1-32-22-10-14(4-6-27-22)20-11-19-21(5-7-28-24(19)29-20)30-12-16-2-3-17(13-30)31(16)18-8-15(9-18)23(25)26/h4-7,10-11,15-18,23H,2-3,8-9,12-13H2,1H3,(H,28,29). The zero-order chi connectivity index (χ0) is 21.8. The fraction of sp³-hybridized carbons (Fsp3) is 0.500. The number of nitrogens with one attached hydrogen (secondary N) is 1. The SMILES string of the molecule is COc1cc(-c2cc3c(N4CC5CCC(C4)N5C4CC(C(F)F)C4)ccnc3[nH]2)ccn1. The fourth-order valence-corrected chi connectivity index (χ4v) is 5.94. The molecule has 8 heteroatoms. The molecule has 2 saturated heterocycles. The quantitative estimate of drug-likeness (QED) is 0.641. The van der Waals surface area contributed by atoms with E-state index >= 15 is 0 Å². The molecular formula is C24H27F2N5O. The Hall–Kier alpha value is -2.74. The first-order chi connectivity index (χ1) is 15.6. The Morgan fingerprint density at radius 3 is 2.50 bits per heavy atom. The van der Waals surface area contributed by atoms with Crippen LogP contribution < -0.4 is 9.64 Å². The second-order valence-electron chi connectivity index (χ2n) is 9.32. The van der Waals surface area contributed by atoms with Crippen LogP contribution in [0.5, 0.6) is 5.88 Å². The summed E-state index contributed by atoms with van der Waals surface area (Å²) in [5.41, 5.74) is 4.04. The number of hydrogen-bond acceptors (Lipinski definition) is 5. The van der Waals surface area contributed by atoms with Gasteiger partial charge in [0, 0.05) is 77.9 Å². The molecule has 3 aromatic heterocycles. The minimum Gasteiger partial charge on any atom is -0.481 e. The highest BCUT2D eigenvalue weighted by molar-refractivity contribution is 5.94. The molecule has 168 valence electrons. The molecule has 5 heterocycles. The smallest absolute Gasteiger partial charge is 0.241 e. The summed E-state index contributed by atoms with van der Waals surface area (Å²) in [6.45, 7) is 1.88. The molecule has 3 aromatic rings. The predicted molar refractivity (Wildman–Crippen MR) is 119 cm³/mol. The number of fused-ring (bicyclic) bond motifs is 3. The monoisotopic (exact) mass is 439 g/mol. The molecule has 2 aliphatic heterocycles. The molecule has 2 atom stereocenters. The van der Waals surface area contributed by atoms with Crippen molar-refractivity contribution < 1.29 is 13.5 Å². The lowest BCUT2D eigenvalue weighted by molar-refractivity contribution is -0.0414. The van der Waals surface area contributed by atoms with Crippen LogP contribution >= 0.6 is 0 Å². The Kier molecular flexibility index (Phi) is 4.78. The van der Waals surface area contributed by atoms with Gasteiger partial charge < -0.3 is 14.6 Å². The topological polar surface area (TPSA) is 57.3 Å². The van der Waals surface area contributed by atoms with Gasteiger partial charge >= 0.3 is 0 Å². The molecule has 6 nitrogen and oxygen atoms in total. The molecule has 3 aliphatic rings. The van der Waals surface area contributed by atoms with E-state index in [2.05, 4.69) is 36.9 Å². The van der Waals surface area contributed by atoms with Gasteiger partial charge in [-0.15, -0.1) is 0 Å². The lowest BCUT2D eigenvalue weighted by Gasteiger charge is -2.51. The van der Waals surface area contributed by atoms with Crippen LogP contribution in [0, 0.1) is 5.92 Å². The van der Waals surface area contributed by atoms with Crippen molar-refractivity contribution in [3.05, 3.63) is 36.7 Å². The average Bonchev–Trinajstić information content (AvgIpc) is 3.30. The van der Waals surface area contributed by atoms with Crippen LogP contribution in [0.4, 0.5) is 14.5 Å². The number of piperazine rings is 1. The molecule has 1 saturated carbocycles. The van der Waals surface area contributed by atoms with Crippen molar-refractivity contribution in [3.63, 3.8) is 0 Å². The van der Waals surface area contributed by atoms with E-state index < -0.39 is 12.3 Å². The molecule has 0 aromatic carbocycles. The summed E-state index contributed by atoms with van der Waals surface area (Å²) in [6.07, 6.45) is 5.05. The average molecular weight is 440 g/mol. The zero-order valence-corrected chi connectivity index (χ0v) is 18.0. The third-order valence-electron chi connectivity index (χ3n) is 7.57. The molecule has 0 spiro atoms. The van der Waals surface area contributed by atoms with Crippen molar-refractivity contribution in [1.29, 1.82) is 0 Å². The Morgan fingerprint density at radius 1 is 1.03 bits per heavy atom. The predicted octanol–water partition coefficient (Wildman–Crippen LogP) is 4.33. The summed E-state index contributed by atoms with van der Waals surface area (Å²) in [4.78, 5) is 17.2. The van der Waals surface area contributed by atoms with Gasteiger partial charge in [0.15, 0.2) is 0 Å². The number of hydrogen-bond donors (Lipinski definition) is 1. The van der Waals surface area contributed by atoms with E-state index in [4.69, 9.17) is 4.74 Å². The van der Waals surface area contributed by atoms with Crippen LogP contribution in [0.25, 0.3) is 22.3 Å². The number of aromatic nitrogens is 3. The Labute approximate surface area is 185 Å². The van der Waals surface area contributed by atoms with Gasteiger partial charge in [0.1, 0.15) is 5.65 Å². The highest BCUT2D eigenvalue weighted by Crippen LogP contribution is 2.44. The third-order valence-corrected chi connectivity index (χ3v) is 7.57. The van der Waals surface area contributed by atoms with Crippen molar-refractivity contribution >= 4 is 16.7 Å². The lowest BCUT2D eigenvalue weighted by atomic mass is 9.78. The first-order valence-electron chi connectivity index (χ1n) is 11.4. The van der Waals surface area contributed by atoms with E-state index in [0.717, 1.165) is 48.2 Å². The van der Waals surface area contributed by atoms with E-state index in [1.807, 2.05) is 18.3 Å². The van der Waals surface area contributed by atoms with Gasteiger partial charge in [-0.2, -0.15) is 0 Å². The van der Waals surface area contributed by atoms with Gasteiger partial charge in [-0.1, -0.05) is 0 Å². The first kappa shape index (κ1) is 19.9. The van der Waals surface area contributed by atoms with Crippen molar-refractivity contribution in [2.45, 2.75) is 50.2 Å². The van der Waals surface area contributed by atoms with Crippen LogP contribution in [0.1, 0.15) is 25.7 Å². The van der Waals surface area contributed by atoms with E-state index in [-0.39, 0.29) is 0 Å². The van der Waals surface area contributed by atoms with E-state index in [0.29, 0.717) is 36.8 Å².